The van der Waals surface area contributed by atoms with Gasteiger partial charge in [-0.1, -0.05) is 41.6 Å². The molecule has 0 saturated carbocycles. The van der Waals surface area contributed by atoms with Gasteiger partial charge in [0, 0.05) is 16.3 Å². The van der Waals surface area contributed by atoms with Crippen molar-refractivity contribution in [3.8, 4) is 6.07 Å². The Morgan fingerprint density at radius 2 is 1.73 bits per heavy atom. The maximum absolute atomic E-state index is 12.4. The number of aryl methyl sites for hydroxylation is 1. The number of hydrogen-bond donors (Lipinski definition) is 0. The third-order valence-corrected chi connectivity index (χ3v) is 7.29. The van der Waals surface area contributed by atoms with Crippen LogP contribution < -0.4 is 4.90 Å². The molecule has 1 heterocycles. The summed E-state index contributed by atoms with van der Waals surface area (Å²) < 4.78 is 30.1. The molecule has 7 heteroatoms. The summed E-state index contributed by atoms with van der Waals surface area (Å²) in [6.07, 6.45) is 0.514. The second kappa shape index (κ2) is 8.52. The van der Waals surface area contributed by atoms with Crippen LogP contribution >= 0.6 is 11.8 Å². The van der Waals surface area contributed by atoms with Gasteiger partial charge in [0.15, 0.2) is 0 Å². The summed E-state index contributed by atoms with van der Waals surface area (Å²) in [6, 6.07) is 22.5. The van der Waals surface area contributed by atoms with Crippen LogP contribution in [-0.4, -0.2) is 21.6 Å². The number of benzene rings is 3. The lowest BCUT2D eigenvalue weighted by Crippen LogP contribution is -2.23. The smallest absolute Gasteiger partial charge is 0.296 e. The van der Waals surface area contributed by atoms with Crippen molar-refractivity contribution in [1.82, 2.24) is 0 Å². The molecular formula is C23H20N2O3S2. The number of para-hydroxylation sites is 1. The molecular weight excluding hydrogens is 416 g/mol. The zero-order valence-corrected chi connectivity index (χ0v) is 18.0. The fraction of sp³-hybridized carbons (Fsp3) is 0.174. The fourth-order valence-electron chi connectivity index (χ4n) is 3.30. The molecule has 3 aromatic carbocycles. The average Bonchev–Trinajstić information content (AvgIpc) is 2.76. The Morgan fingerprint density at radius 1 is 1.00 bits per heavy atom. The van der Waals surface area contributed by atoms with Crippen molar-refractivity contribution in [2.45, 2.75) is 28.0 Å². The SMILES string of the molecule is Cc1ccc(S(=O)(=O)OCCCN2c3ccccc3Sc3ccc(C#N)cc32)cc1. The molecule has 4 rings (SSSR count). The first-order valence-corrected chi connectivity index (χ1v) is 11.7. The summed E-state index contributed by atoms with van der Waals surface area (Å²) in [7, 11) is -3.78. The van der Waals surface area contributed by atoms with Crippen molar-refractivity contribution in [3.63, 3.8) is 0 Å². The molecule has 1 aliphatic rings. The minimum absolute atomic E-state index is 0.0787. The number of rotatable bonds is 6. The van der Waals surface area contributed by atoms with Gasteiger partial charge in [0.1, 0.15) is 0 Å². The van der Waals surface area contributed by atoms with Gasteiger partial charge in [-0.05, 0) is 55.8 Å². The molecule has 0 fully saturated rings. The summed E-state index contributed by atoms with van der Waals surface area (Å²) in [6.45, 7) is 2.56. The lowest BCUT2D eigenvalue weighted by atomic mass is 10.1. The molecule has 0 saturated heterocycles. The Morgan fingerprint density at radius 3 is 2.50 bits per heavy atom. The van der Waals surface area contributed by atoms with Crippen LogP contribution in [0.4, 0.5) is 11.4 Å². The molecule has 0 radical (unpaired) electrons. The average molecular weight is 437 g/mol. The van der Waals surface area contributed by atoms with Gasteiger partial charge >= 0.3 is 0 Å². The molecule has 30 heavy (non-hydrogen) atoms. The van der Waals surface area contributed by atoms with Crippen LogP contribution in [0.3, 0.4) is 0 Å². The standard InChI is InChI=1S/C23H20N2O3S2/c1-17-7-10-19(11-8-17)30(26,27)28-14-4-13-25-20-5-2-3-6-22(20)29-23-12-9-18(16-24)15-21(23)25/h2-3,5-12,15H,4,13-14H2,1H3. The van der Waals surface area contributed by atoms with Gasteiger partial charge in [-0.3, -0.25) is 4.18 Å². The highest BCUT2D eigenvalue weighted by Gasteiger charge is 2.23. The van der Waals surface area contributed by atoms with Crippen LogP contribution in [0.25, 0.3) is 0 Å². The molecule has 0 N–H and O–H groups in total. The molecule has 1 aliphatic heterocycles. The monoisotopic (exact) mass is 436 g/mol. The summed E-state index contributed by atoms with van der Waals surface area (Å²) in [5.74, 6) is 0. The second-order valence-corrected chi connectivity index (χ2v) is 9.66. The maximum Gasteiger partial charge on any atom is 0.296 e. The third kappa shape index (κ3) is 4.21. The largest absolute Gasteiger partial charge is 0.340 e. The highest BCUT2D eigenvalue weighted by atomic mass is 32.2. The van der Waals surface area contributed by atoms with E-state index in [0.717, 1.165) is 26.7 Å². The van der Waals surface area contributed by atoms with Gasteiger partial charge < -0.3 is 4.90 Å². The van der Waals surface area contributed by atoms with E-state index in [9.17, 15) is 13.7 Å². The molecule has 0 aromatic heterocycles. The Kier molecular flexibility index (Phi) is 5.82. The van der Waals surface area contributed by atoms with Crippen LogP contribution in [0.15, 0.2) is 81.4 Å². The molecule has 0 spiro atoms. The van der Waals surface area contributed by atoms with Crippen LogP contribution in [0.5, 0.6) is 0 Å². The normalized spacial score (nSPS) is 12.7. The molecule has 0 bridgehead atoms. The Labute approximate surface area is 181 Å². The van der Waals surface area contributed by atoms with E-state index in [1.54, 1.807) is 36.0 Å². The molecule has 0 amide bonds. The summed E-state index contributed by atoms with van der Waals surface area (Å²) >= 11 is 1.67. The second-order valence-electron chi connectivity index (χ2n) is 6.96. The fourth-order valence-corrected chi connectivity index (χ4v) is 5.32. The van der Waals surface area contributed by atoms with E-state index in [4.69, 9.17) is 4.18 Å². The summed E-state index contributed by atoms with van der Waals surface area (Å²) in [5, 5.41) is 9.29. The van der Waals surface area contributed by atoms with Gasteiger partial charge in [-0.15, -0.1) is 0 Å². The van der Waals surface area contributed by atoms with E-state index in [1.807, 2.05) is 43.3 Å². The zero-order chi connectivity index (χ0) is 21.1. The topological polar surface area (TPSA) is 70.4 Å². The Balaban J connectivity index is 1.49. The first-order chi connectivity index (χ1) is 14.5. The zero-order valence-electron chi connectivity index (χ0n) is 16.4. The van der Waals surface area contributed by atoms with E-state index < -0.39 is 10.1 Å². The number of nitriles is 1. The molecule has 0 atom stereocenters. The van der Waals surface area contributed by atoms with E-state index in [1.165, 1.54) is 0 Å². The minimum Gasteiger partial charge on any atom is -0.340 e. The van der Waals surface area contributed by atoms with E-state index in [-0.39, 0.29) is 11.5 Å². The van der Waals surface area contributed by atoms with Gasteiger partial charge in [-0.25, -0.2) is 0 Å². The summed E-state index contributed by atoms with van der Waals surface area (Å²) in [5.41, 5.74) is 3.59. The molecule has 3 aromatic rings. The van der Waals surface area contributed by atoms with Crippen molar-refractivity contribution in [3.05, 3.63) is 77.9 Å². The van der Waals surface area contributed by atoms with Gasteiger partial charge in [0.2, 0.25) is 0 Å². The lowest BCUT2D eigenvalue weighted by Gasteiger charge is -2.32. The maximum atomic E-state index is 12.4. The molecule has 0 unspecified atom stereocenters. The predicted octanol–water partition coefficient (Wildman–Crippen LogP) is 5.27. The minimum atomic E-state index is -3.78. The van der Waals surface area contributed by atoms with Gasteiger partial charge in [0.05, 0.1) is 34.5 Å². The third-order valence-electron chi connectivity index (χ3n) is 4.83. The highest BCUT2D eigenvalue weighted by Crippen LogP contribution is 2.48. The van der Waals surface area contributed by atoms with Crippen molar-refractivity contribution < 1.29 is 12.6 Å². The quantitative estimate of drug-likeness (QED) is 0.387. The van der Waals surface area contributed by atoms with E-state index >= 15 is 0 Å². The molecule has 0 aliphatic carbocycles. The van der Waals surface area contributed by atoms with Crippen LogP contribution in [-0.2, 0) is 14.3 Å². The molecule has 152 valence electrons. The number of nitrogens with zero attached hydrogens (tertiary/aromatic N) is 2. The van der Waals surface area contributed by atoms with Crippen LogP contribution in [0.2, 0.25) is 0 Å². The van der Waals surface area contributed by atoms with Crippen molar-refractivity contribution in [2.24, 2.45) is 0 Å². The van der Waals surface area contributed by atoms with Gasteiger partial charge in [0.25, 0.3) is 10.1 Å². The van der Waals surface area contributed by atoms with Gasteiger partial charge in [-0.2, -0.15) is 13.7 Å². The first-order valence-electron chi connectivity index (χ1n) is 9.52. The van der Waals surface area contributed by atoms with Crippen molar-refractivity contribution >= 4 is 33.3 Å². The van der Waals surface area contributed by atoms with Crippen LogP contribution in [0.1, 0.15) is 17.5 Å². The number of fused-ring (bicyclic) bond motifs is 2. The Hall–Kier alpha value is -2.79. The molecule has 5 nitrogen and oxygen atoms in total. The Bertz CT molecular complexity index is 1220. The van der Waals surface area contributed by atoms with Crippen LogP contribution in [0, 0.1) is 18.3 Å². The van der Waals surface area contributed by atoms with E-state index in [2.05, 4.69) is 17.0 Å². The van der Waals surface area contributed by atoms with Crippen molar-refractivity contribution in [2.75, 3.05) is 18.1 Å². The van der Waals surface area contributed by atoms with Crippen molar-refractivity contribution in [1.29, 1.82) is 5.26 Å². The highest BCUT2D eigenvalue weighted by molar-refractivity contribution is 7.99. The predicted molar refractivity (Wildman–Crippen MR) is 118 cm³/mol. The lowest BCUT2D eigenvalue weighted by molar-refractivity contribution is 0.314. The number of anilines is 2. The summed E-state index contributed by atoms with van der Waals surface area (Å²) in [4.78, 5) is 4.49. The van der Waals surface area contributed by atoms with E-state index in [0.29, 0.717) is 18.5 Å². The first kappa shape index (κ1) is 20.5. The number of hydrogen-bond acceptors (Lipinski definition) is 6.